The molecule has 1 N–H and O–H groups in total. The Morgan fingerprint density at radius 3 is 2.89 bits per heavy atom. The summed E-state index contributed by atoms with van der Waals surface area (Å²) in [6, 6.07) is 4.59. The van der Waals surface area contributed by atoms with E-state index in [9.17, 15) is 14.9 Å². The number of nitrogens with one attached hydrogen (secondary N) is 1. The number of anilines is 1. The van der Waals surface area contributed by atoms with E-state index in [0.29, 0.717) is 36.0 Å². The van der Waals surface area contributed by atoms with E-state index >= 15 is 0 Å². The van der Waals surface area contributed by atoms with E-state index in [0.717, 1.165) is 19.4 Å². The first-order chi connectivity index (χ1) is 13.1. The van der Waals surface area contributed by atoms with Gasteiger partial charge >= 0.3 is 6.09 Å². The number of hydrogen-bond acceptors (Lipinski definition) is 6. The second-order valence-corrected chi connectivity index (χ2v) is 8.33. The standard InChI is InChI=1S/C19H27N5O4/c1-19(2,3)28-18(25)23-9-5-6-13(12-23)11-22(4)17-20-15-8-7-14(24(26)27)10-16(15)21-17/h7-8,10,13H,5-6,9,11-12H2,1-4H3,(H,20,21)/t13-/m0/s1. The number of ether oxygens (including phenoxy) is 1. The number of hydrogen-bond donors (Lipinski definition) is 1. The number of carbonyl (C=O) groups is 1. The summed E-state index contributed by atoms with van der Waals surface area (Å²) < 4.78 is 5.49. The number of aromatic amines is 1. The molecule has 0 spiro atoms. The summed E-state index contributed by atoms with van der Waals surface area (Å²) in [5, 5.41) is 10.9. The highest BCUT2D eigenvalue weighted by molar-refractivity contribution is 5.80. The molecule has 9 nitrogen and oxygen atoms in total. The van der Waals surface area contributed by atoms with Crippen molar-refractivity contribution in [2.75, 3.05) is 31.6 Å². The topological polar surface area (TPSA) is 105 Å². The predicted octanol–water partition coefficient (Wildman–Crippen LogP) is 3.55. The monoisotopic (exact) mass is 389 g/mol. The average Bonchev–Trinajstić information content (AvgIpc) is 3.04. The van der Waals surface area contributed by atoms with E-state index in [1.807, 2.05) is 32.7 Å². The van der Waals surface area contributed by atoms with Gasteiger partial charge in [0.15, 0.2) is 0 Å². The summed E-state index contributed by atoms with van der Waals surface area (Å²) in [6.45, 7) is 7.68. The van der Waals surface area contributed by atoms with Crippen LogP contribution in [0, 0.1) is 16.0 Å². The van der Waals surface area contributed by atoms with E-state index in [2.05, 4.69) is 9.97 Å². The minimum Gasteiger partial charge on any atom is -0.444 e. The van der Waals surface area contributed by atoms with E-state index < -0.39 is 10.5 Å². The van der Waals surface area contributed by atoms with Gasteiger partial charge in [0.1, 0.15) is 5.60 Å². The van der Waals surface area contributed by atoms with Crippen molar-refractivity contribution in [2.45, 2.75) is 39.2 Å². The fourth-order valence-electron chi connectivity index (χ4n) is 3.46. The summed E-state index contributed by atoms with van der Waals surface area (Å²) in [7, 11) is 1.93. The molecule has 2 aromatic rings. The fourth-order valence-corrected chi connectivity index (χ4v) is 3.46. The molecule has 0 unspecified atom stereocenters. The molecule has 0 saturated carbocycles. The molecular weight excluding hydrogens is 362 g/mol. The van der Waals surface area contributed by atoms with Crippen molar-refractivity contribution in [1.82, 2.24) is 14.9 Å². The lowest BCUT2D eigenvalue weighted by molar-refractivity contribution is -0.384. The molecule has 1 atom stereocenters. The Morgan fingerprint density at radius 1 is 1.46 bits per heavy atom. The van der Waals surface area contributed by atoms with Gasteiger partial charge in [-0.25, -0.2) is 9.78 Å². The fraction of sp³-hybridized carbons (Fsp3) is 0.579. The minimum atomic E-state index is -0.502. The summed E-state index contributed by atoms with van der Waals surface area (Å²) in [5.41, 5.74) is 0.852. The summed E-state index contributed by atoms with van der Waals surface area (Å²) >= 11 is 0. The van der Waals surface area contributed by atoms with Crippen LogP contribution in [0.1, 0.15) is 33.6 Å². The number of rotatable bonds is 4. The van der Waals surface area contributed by atoms with E-state index in [-0.39, 0.29) is 11.8 Å². The number of aromatic nitrogens is 2. The summed E-state index contributed by atoms with van der Waals surface area (Å²) in [5.74, 6) is 0.957. The van der Waals surface area contributed by atoms with E-state index in [1.54, 1.807) is 11.0 Å². The minimum absolute atomic E-state index is 0.0330. The SMILES string of the molecule is CN(C[C@@H]1CCCN(C(=O)OC(C)(C)C)C1)c1nc2ccc([N+](=O)[O-])cc2[nH]1. The number of piperidine rings is 1. The van der Waals surface area contributed by atoms with Gasteiger partial charge < -0.3 is 19.5 Å². The van der Waals surface area contributed by atoms with Crippen molar-refractivity contribution < 1.29 is 14.5 Å². The predicted molar refractivity (Wildman–Crippen MR) is 107 cm³/mol. The smallest absolute Gasteiger partial charge is 0.410 e. The number of carbonyl (C=O) groups excluding carboxylic acids is 1. The first kappa shape index (κ1) is 19.9. The molecule has 9 heteroatoms. The molecule has 3 rings (SSSR count). The molecule has 1 aliphatic rings. The molecule has 1 fully saturated rings. The van der Waals surface area contributed by atoms with Crippen molar-refractivity contribution in [3.8, 4) is 0 Å². The molecule has 28 heavy (non-hydrogen) atoms. The second-order valence-electron chi connectivity index (χ2n) is 8.33. The Bertz CT molecular complexity index is 873. The van der Waals surface area contributed by atoms with Gasteiger partial charge in [-0.05, 0) is 45.6 Å². The number of imidazole rings is 1. The van der Waals surface area contributed by atoms with Crippen LogP contribution in [0.2, 0.25) is 0 Å². The number of fused-ring (bicyclic) bond motifs is 1. The Labute approximate surface area is 163 Å². The van der Waals surface area contributed by atoms with Gasteiger partial charge in [-0.15, -0.1) is 0 Å². The number of likely N-dealkylation sites (tertiary alicyclic amines) is 1. The lowest BCUT2D eigenvalue weighted by Gasteiger charge is -2.35. The largest absolute Gasteiger partial charge is 0.444 e. The second kappa shape index (κ2) is 7.65. The van der Waals surface area contributed by atoms with Gasteiger partial charge in [-0.2, -0.15) is 0 Å². The zero-order chi connectivity index (χ0) is 20.5. The summed E-state index contributed by atoms with van der Waals surface area (Å²) in [4.78, 5) is 34.3. The normalized spacial score (nSPS) is 17.6. The molecule has 152 valence electrons. The quantitative estimate of drug-likeness (QED) is 0.633. The maximum atomic E-state index is 12.3. The van der Waals surface area contributed by atoms with Crippen molar-refractivity contribution in [1.29, 1.82) is 0 Å². The van der Waals surface area contributed by atoms with Crippen LogP contribution in [-0.4, -0.2) is 58.2 Å². The zero-order valence-corrected chi connectivity index (χ0v) is 16.8. The number of benzene rings is 1. The van der Waals surface area contributed by atoms with Crippen LogP contribution in [0.5, 0.6) is 0 Å². The van der Waals surface area contributed by atoms with Crippen molar-refractivity contribution in [3.05, 3.63) is 28.3 Å². The van der Waals surface area contributed by atoms with Crippen LogP contribution in [0.25, 0.3) is 11.0 Å². The molecule has 1 aromatic heterocycles. The number of nitro groups is 1. The van der Waals surface area contributed by atoms with Crippen LogP contribution >= 0.6 is 0 Å². The highest BCUT2D eigenvalue weighted by Gasteiger charge is 2.28. The molecule has 0 bridgehead atoms. The Morgan fingerprint density at radius 2 is 2.21 bits per heavy atom. The Balaban J connectivity index is 1.65. The van der Waals surface area contributed by atoms with Gasteiger partial charge in [0.2, 0.25) is 5.95 Å². The van der Waals surface area contributed by atoms with Crippen LogP contribution in [0.15, 0.2) is 18.2 Å². The van der Waals surface area contributed by atoms with Gasteiger partial charge in [-0.1, -0.05) is 0 Å². The Kier molecular flexibility index (Phi) is 5.44. The third-order valence-corrected chi connectivity index (χ3v) is 4.73. The maximum Gasteiger partial charge on any atom is 0.410 e. The van der Waals surface area contributed by atoms with Crippen LogP contribution in [0.3, 0.4) is 0 Å². The van der Waals surface area contributed by atoms with E-state index in [1.165, 1.54) is 12.1 Å². The summed E-state index contributed by atoms with van der Waals surface area (Å²) in [6.07, 6.45) is 1.69. The first-order valence-corrected chi connectivity index (χ1v) is 9.45. The van der Waals surface area contributed by atoms with E-state index in [4.69, 9.17) is 4.74 Å². The van der Waals surface area contributed by atoms with Gasteiger partial charge in [0.05, 0.1) is 16.0 Å². The number of non-ortho nitro benzene ring substituents is 1. The molecule has 2 heterocycles. The zero-order valence-electron chi connectivity index (χ0n) is 16.8. The molecule has 1 aliphatic heterocycles. The third-order valence-electron chi connectivity index (χ3n) is 4.73. The van der Waals surface area contributed by atoms with Crippen molar-refractivity contribution in [3.63, 3.8) is 0 Å². The lowest BCUT2D eigenvalue weighted by Crippen LogP contribution is -2.45. The highest BCUT2D eigenvalue weighted by atomic mass is 16.6. The Hall–Kier alpha value is -2.84. The molecule has 1 amide bonds. The lowest BCUT2D eigenvalue weighted by atomic mass is 9.98. The highest BCUT2D eigenvalue weighted by Crippen LogP contribution is 2.24. The van der Waals surface area contributed by atoms with Gasteiger partial charge in [0, 0.05) is 38.8 Å². The molecular formula is C19H27N5O4. The van der Waals surface area contributed by atoms with Crippen molar-refractivity contribution in [2.24, 2.45) is 5.92 Å². The molecule has 0 aliphatic carbocycles. The van der Waals surface area contributed by atoms with Crippen LogP contribution in [-0.2, 0) is 4.74 Å². The maximum absolute atomic E-state index is 12.3. The number of nitrogens with zero attached hydrogens (tertiary/aromatic N) is 4. The third kappa shape index (κ3) is 4.71. The van der Waals surface area contributed by atoms with Crippen LogP contribution in [0.4, 0.5) is 16.4 Å². The van der Waals surface area contributed by atoms with Gasteiger partial charge in [0.25, 0.3) is 5.69 Å². The molecule has 1 aromatic carbocycles. The number of amides is 1. The number of H-pyrrole nitrogens is 1. The number of nitro benzene ring substituents is 1. The average molecular weight is 389 g/mol. The first-order valence-electron chi connectivity index (χ1n) is 9.45. The molecule has 0 radical (unpaired) electrons. The van der Waals surface area contributed by atoms with Crippen LogP contribution < -0.4 is 4.90 Å². The van der Waals surface area contributed by atoms with Gasteiger partial charge in [-0.3, -0.25) is 10.1 Å². The molecule has 1 saturated heterocycles. The van der Waals surface area contributed by atoms with Crippen molar-refractivity contribution >= 4 is 28.8 Å².